The second-order valence-electron chi connectivity index (χ2n) is 8.09. The van der Waals surface area contributed by atoms with E-state index in [9.17, 15) is 13.2 Å². The van der Waals surface area contributed by atoms with Crippen LogP contribution in [0, 0.1) is 5.92 Å². The Kier molecular flexibility index (Phi) is 7.29. The van der Waals surface area contributed by atoms with Crippen LogP contribution in [0.3, 0.4) is 0 Å². The van der Waals surface area contributed by atoms with Crippen molar-refractivity contribution < 1.29 is 22.4 Å². The summed E-state index contributed by atoms with van der Waals surface area (Å²) in [5.74, 6) is -0.199. The number of carbonyl (C=O) groups excluding carboxylic acids is 1. The van der Waals surface area contributed by atoms with Gasteiger partial charge in [-0.2, -0.15) is 0 Å². The van der Waals surface area contributed by atoms with Crippen molar-refractivity contribution in [3.8, 4) is 0 Å². The van der Waals surface area contributed by atoms with Crippen LogP contribution in [-0.4, -0.2) is 30.3 Å². The minimum atomic E-state index is -3.90. The molecule has 0 fully saturated rings. The first kappa shape index (κ1) is 23.2. The van der Waals surface area contributed by atoms with Gasteiger partial charge < -0.3 is 14.5 Å². The predicted molar refractivity (Wildman–Crippen MR) is 108 cm³/mol. The van der Waals surface area contributed by atoms with Crippen LogP contribution in [0.5, 0.6) is 0 Å². The molecule has 8 nitrogen and oxygen atoms in total. The predicted octanol–water partition coefficient (Wildman–Crippen LogP) is 4.31. The summed E-state index contributed by atoms with van der Waals surface area (Å²) < 4.78 is 36.0. The highest BCUT2D eigenvalue weighted by atomic mass is 35.5. The third kappa shape index (κ3) is 7.01. The highest BCUT2D eigenvalue weighted by Crippen LogP contribution is 2.25. The molecule has 10 heteroatoms. The van der Waals surface area contributed by atoms with Crippen molar-refractivity contribution >= 4 is 27.5 Å². The zero-order valence-corrected chi connectivity index (χ0v) is 18.7. The number of hydrogen-bond acceptors (Lipinski definition) is 7. The molecule has 0 aliphatic rings. The number of halogens is 1. The van der Waals surface area contributed by atoms with Crippen molar-refractivity contribution in [1.82, 2.24) is 15.5 Å². The minimum absolute atomic E-state index is 0.00212. The Morgan fingerprint density at radius 3 is 2.48 bits per heavy atom. The summed E-state index contributed by atoms with van der Waals surface area (Å²) in [6.45, 7) is 9.15. The highest BCUT2D eigenvalue weighted by molar-refractivity contribution is 7.90. The standard InChI is InChI=1S/C19H26ClN3O5S/c1-12(2)10-15(21-17(24)28-19(3,4)5)16-22-23-18(27-16)29(25,26)11-13-8-6-7-9-14(13)20/h6-9,12,15H,10-11H2,1-5H3,(H,21,24)/t15-/m0/s1. The third-order valence-corrected chi connectivity index (χ3v) is 5.44. The van der Waals surface area contributed by atoms with Gasteiger partial charge in [-0.1, -0.05) is 48.7 Å². The number of nitrogens with zero attached hydrogens (tertiary/aromatic N) is 2. The van der Waals surface area contributed by atoms with Crippen LogP contribution in [-0.2, 0) is 20.3 Å². The summed E-state index contributed by atoms with van der Waals surface area (Å²) in [6.07, 6.45) is -0.187. The van der Waals surface area contributed by atoms with Crippen molar-refractivity contribution in [3.05, 3.63) is 40.7 Å². The van der Waals surface area contributed by atoms with Crippen molar-refractivity contribution in [1.29, 1.82) is 0 Å². The number of sulfone groups is 1. The molecule has 1 aromatic heterocycles. The van der Waals surface area contributed by atoms with E-state index in [0.29, 0.717) is 17.0 Å². The lowest BCUT2D eigenvalue weighted by molar-refractivity contribution is 0.0487. The molecule has 1 aromatic carbocycles. The number of alkyl carbamates (subject to hydrolysis) is 1. The van der Waals surface area contributed by atoms with Gasteiger partial charge in [0.2, 0.25) is 15.7 Å². The first-order valence-corrected chi connectivity index (χ1v) is 11.2. The molecule has 2 aromatic rings. The number of hydrogen-bond donors (Lipinski definition) is 1. The molecule has 29 heavy (non-hydrogen) atoms. The Labute approximate surface area is 175 Å². The summed E-state index contributed by atoms with van der Waals surface area (Å²) in [5.41, 5.74) is -0.246. The van der Waals surface area contributed by atoms with Crippen molar-refractivity contribution in [3.63, 3.8) is 0 Å². The Balaban J connectivity index is 2.23. The number of benzene rings is 1. The Hall–Kier alpha value is -2.13. The first-order chi connectivity index (χ1) is 13.4. The second kappa shape index (κ2) is 9.13. The summed E-state index contributed by atoms with van der Waals surface area (Å²) in [4.78, 5) is 12.2. The average molecular weight is 444 g/mol. The van der Waals surface area contributed by atoms with E-state index in [1.54, 1.807) is 45.0 Å². The second-order valence-corrected chi connectivity index (χ2v) is 10.4. The van der Waals surface area contributed by atoms with Gasteiger partial charge in [-0.15, -0.1) is 5.10 Å². The summed E-state index contributed by atoms with van der Waals surface area (Å²) in [7, 11) is -3.90. The molecular formula is C19H26ClN3O5S. The van der Waals surface area contributed by atoms with Gasteiger partial charge in [0.15, 0.2) is 0 Å². The van der Waals surface area contributed by atoms with Gasteiger partial charge in [0, 0.05) is 5.02 Å². The fraction of sp³-hybridized carbons (Fsp3) is 0.526. The molecular weight excluding hydrogens is 418 g/mol. The minimum Gasteiger partial charge on any atom is -0.444 e. The molecule has 2 rings (SSSR count). The fourth-order valence-corrected chi connectivity index (χ4v) is 3.96. The SMILES string of the molecule is CC(C)C[C@H](NC(=O)OC(C)(C)C)c1nnc(S(=O)(=O)Cc2ccccc2Cl)o1. The monoisotopic (exact) mass is 443 g/mol. The molecule has 0 unspecified atom stereocenters. The molecule has 1 amide bonds. The molecule has 0 spiro atoms. The molecule has 1 heterocycles. The number of ether oxygens (including phenoxy) is 1. The number of amides is 1. The van der Waals surface area contributed by atoms with Crippen LogP contribution in [0.25, 0.3) is 0 Å². The third-order valence-electron chi connectivity index (χ3n) is 3.69. The van der Waals surface area contributed by atoms with E-state index < -0.39 is 32.8 Å². The van der Waals surface area contributed by atoms with Crippen LogP contribution < -0.4 is 5.32 Å². The maximum absolute atomic E-state index is 12.7. The van der Waals surface area contributed by atoms with Crippen LogP contribution in [0.15, 0.2) is 33.9 Å². The Morgan fingerprint density at radius 1 is 1.24 bits per heavy atom. The molecule has 160 valence electrons. The summed E-state index contributed by atoms with van der Waals surface area (Å²) >= 11 is 6.05. The molecule has 0 aliphatic carbocycles. The molecule has 0 saturated carbocycles. The Morgan fingerprint density at radius 2 is 1.90 bits per heavy atom. The zero-order valence-electron chi connectivity index (χ0n) is 17.1. The van der Waals surface area contributed by atoms with Gasteiger partial charge in [0.05, 0.1) is 5.75 Å². The highest BCUT2D eigenvalue weighted by Gasteiger charge is 2.29. The van der Waals surface area contributed by atoms with Gasteiger partial charge in [-0.25, -0.2) is 13.2 Å². The smallest absolute Gasteiger partial charge is 0.408 e. The molecule has 0 bridgehead atoms. The topological polar surface area (TPSA) is 111 Å². The molecule has 0 aliphatic heterocycles. The normalized spacial score (nSPS) is 13.3. The largest absolute Gasteiger partial charge is 0.444 e. The van der Waals surface area contributed by atoms with E-state index >= 15 is 0 Å². The summed E-state index contributed by atoms with van der Waals surface area (Å²) in [5, 5.41) is 10.0. The van der Waals surface area contributed by atoms with E-state index in [2.05, 4.69) is 15.5 Å². The van der Waals surface area contributed by atoms with E-state index in [1.165, 1.54) is 0 Å². The Bertz CT molecular complexity index is 951. The van der Waals surface area contributed by atoms with Crippen molar-refractivity contribution in [2.45, 2.75) is 63.7 Å². The molecule has 1 N–H and O–H groups in total. The lowest BCUT2D eigenvalue weighted by Gasteiger charge is -2.22. The van der Waals surface area contributed by atoms with Gasteiger partial charge in [0.25, 0.3) is 0 Å². The maximum Gasteiger partial charge on any atom is 0.408 e. The van der Waals surface area contributed by atoms with Crippen LogP contribution in [0.4, 0.5) is 4.79 Å². The van der Waals surface area contributed by atoms with Crippen LogP contribution in [0.2, 0.25) is 5.02 Å². The van der Waals surface area contributed by atoms with Crippen molar-refractivity contribution in [2.75, 3.05) is 0 Å². The van der Waals surface area contributed by atoms with Crippen molar-refractivity contribution in [2.24, 2.45) is 5.92 Å². The van der Waals surface area contributed by atoms with E-state index in [4.69, 9.17) is 20.8 Å². The lowest BCUT2D eigenvalue weighted by atomic mass is 10.0. The fourth-order valence-electron chi connectivity index (χ4n) is 2.51. The van der Waals surface area contributed by atoms with Gasteiger partial charge >= 0.3 is 11.3 Å². The first-order valence-electron chi connectivity index (χ1n) is 9.16. The maximum atomic E-state index is 12.7. The zero-order chi connectivity index (χ0) is 21.8. The van der Waals surface area contributed by atoms with E-state index in [0.717, 1.165) is 0 Å². The number of carbonyl (C=O) groups is 1. The molecule has 0 radical (unpaired) electrons. The molecule has 0 saturated heterocycles. The molecule has 1 atom stereocenters. The number of rotatable bonds is 7. The van der Waals surface area contributed by atoms with E-state index in [1.807, 2.05) is 13.8 Å². The van der Waals surface area contributed by atoms with Crippen LogP contribution in [0.1, 0.15) is 58.5 Å². The number of aromatic nitrogens is 2. The van der Waals surface area contributed by atoms with Gasteiger partial charge in [-0.3, -0.25) is 0 Å². The lowest BCUT2D eigenvalue weighted by Crippen LogP contribution is -2.35. The van der Waals surface area contributed by atoms with Gasteiger partial charge in [0.1, 0.15) is 11.6 Å². The number of nitrogens with one attached hydrogen (secondary N) is 1. The van der Waals surface area contributed by atoms with E-state index in [-0.39, 0.29) is 17.6 Å². The quantitative estimate of drug-likeness (QED) is 0.678. The average Bonchev–Trinajstić information content (AvgIpc) is 3.05. The van der Waals surface area contributed by atoms with Crippen LogP contribution >= 0.6 is 11.6 Å². The van der Waals surface area contributed by atoms with Gasteiger partial charge in [-0.05, 0) is 44.7 Å². The summed E-state index contributed by atoms with van der Waals surface area (Å²) in [6, 6.07) is 5.95.